The van der Waals surface area contributed by atoms with Crippen molar-refractivity contribution in [3.05, 3.63) is 65.6 Å². The summed E-state index contributed by atoms with van der Waals surface area (Å²) >= 11 is 0. The van der Waals surface area contributed by atoms with E-state index in [0.29, 0.717) is 30.8 Å². The van der Waals surface area contributed by atoms with Gasteiger partial charge in [-0.15, -0.1) is 0 Å². The number of carbonyl (C=O) groups excluding carboxylic acids is 3. The number of aromatic nitrogens is 1. The highest BCUT2D eigenvalue weighted by atomic mass is 19.1. The second kappa shape index (κ2) is 9.44. The third-order valence-electron chi connectivity index (χ3n) is 5.82. The number of nitrogens with zero attached hydrogens (tertiary/aromatic N) is 1. The van der Waals surface area contributed by atoms with E-state index in [1.54, 1.807) is 35.2 Å². The van der Waals surface area contributed by atoms with Crippen molar-refractivity contribution >= 4 is 34.3 Å². The number of fused-ring (bicyclic) bond motifs is 1. The zero-order valence-corrected chi connectivity index (χ0v) is 18.7. The Hall–Kier alpha value is -3.68. The number of carbonyl (C=O) groups is 3. The van der Waals surface area contributed by atoms with Crippen molar-refractivity contribution in [1.29, 1.82) is 0 Å². The van der Waals surface area contributed by atoms with Crippen LogP contribution in [0.15, 0.2) is 48.7 Å². The van der Waals surface area contributed by atoms with E-state index in [-0.39, 0.29) is 36.0 Å². The van der Waals surface area contributed by atoms with E-state index in [0.717, 1.165) is 16.5 Å². The Labute approximate surface area is 191 Å². The van der Waals surface area contributed by atoms with Crippen LogP contribution in [0, 0.1) is 11.7 Å². The second-order valence-corrected chi connectivity index (χ2v) is 8.66. The molecule has 0 saturated carbocycles. The number of hydrogen-bond acceptors (Lipinski definition) is 3. The topological polar surface area (TPSA) is 94.3 Å². The minimum atomic E-state index is -0.501. The molecule has 4 rings (SSSR count). The van der Waals surface area contributed by atoms with Gasteiger partial charge in [0.2, 0.25) is 11.8 Å². The second-order valence-electron chi connectivity index (χ2n) is 8.66. The van der Waals surface area contributed by atoms with Crippen LogP contribution in [-0.4, -0.2) is 46.7 Å². The van der Waals surface area contributed by atoms with Gasteiger partial charge in [0.05, 0.1) is 17.2 Å². The van der Waals surface area contributed by atoms with Gasteiger partial charge in [-0.3, -0.25) is 14.4 Å². The molecular weight excluding hydrogens is 423 g/mol. The summed E-state index contributed by atoms with van der Waals surface area (Å²) in [4.78, 5) is 42.6. The first-order valence-corrected chi connectivity index (χ1v) is 11.1. The number of benzene rings is 2. The molecule has 2 aromatic carbocycles. The number of hydrogen-bond donors (Lipinski definition) is 3. The quantitative estimate of drug-likeness (QED) is 0.514. The minimum Gasteiger partial charge on any atom is -0.361 e. The van der Waals surface area contributed by atoms with Gasteiger partial charge in [0.15, 0.2) is 0 Å². The van der Waals surface area contributed by atoms with Crippen LogP contribution < -0.4 is 10.6 Å². The maximum absolute atomic E-state index is 13.6. The van der Waals surface area contributed by atoms with Crippen LogP contribution in [-0.2, 0) is 16.0 Å². The van der Waals surface area contributed by atoms with E-state index >= 15 is 0 Å². The molecule has 0 unspecified atom stereocenters. The van der Waals surface area contributed by atoms with Crippen LogP contribution in [0.2, 0.25) is 0 Å². The number of para-hydroxylation sites is 1. The standard InChI is InChI=1S/C25H27FN4O3/c1-15(2)28-25(33)19-5-3-4-6-22(19)29-24(32)17-11-23(31)30(14-17)10-9-16-13-27-21-8-7-18(26)12-20(16)21/h3-8,12-13,15,17,27H,9-11,14H2,1-2H3,(H,28,33)(H,29,32)/t17-/m0/s1. The lowest BCUT2D eigenvalue weighted by Crippen LogP contribution is -2.32. The third kappa shape index (κ3) is 5.05. The minimum absolute atomic E-state index is 0.0316. The number of halogens is 1. The monoisotopic (exact) mass is 450 g/mol. The Morgan fingerprint density at radius 3 is 2.79 bits per heavy atom. The van der Waals surface area contributed by atoms with Crippen molar-refractivity contribution in [3.8, 4) is 0 Å². The first-order chi connectivity index (χ1) is 15.8. The van der Waals surface area contributed by atoms with Gasteiger partial charge in [-0.05, 0) is 56.2 Å². The van der Waals surface area contributed by atoms with E-state index in [1.807, 2.05) is 20.0 Å². The summed E-state index contributed by atoms with van der Waals surface area (Å²) < 4.78 is 13.6. The maximum atomic E-state index is 13.6. The summed E-state index contributed by atoms with van der Waals surface area (Å²) in [6.07, 6.45) is 2.50. The van der Waals surface area contributed by atoms with E-state index in [1.165, 1.54) is 12.1 Å². The van der Waals surface area contributed by atoms with Gasteiger partial charge in [0, 0.05) is 42.7 Å². The lowest BCUT2D eigenvalue weighted by Gasteiger charge is -2.17. The van der Waals surface area contributed by atoms with Gasteiger partial charge >= 0.3 is 0 Å². The smallest absolute Gasteiger partial charge is 0.253 e. The predicted molar refractivity (Wildman–Crippen MR) is 124 cm³/mol. The summed E-state index contributed by atoms with van der Waals surface area (Å²) in [6, 6.07) is 11.4. The fourth-order valence-electron chi connectivity index (χ4n) is 4.14. The molecule has 0 radical (unpaired) electrons. The van der Waals surface area contributed by atoms with Crippen LogP contribution >= 0.6 is 0 Å². The predicted octanol–water partition coefficient (Wildman–Crippen LogP) is 3.47. The highest BCUT2D eigenvalue weighted by Crippen LogP contribution is 2.24. The third-order valence-corrected chi connectivity index (χ3v) is 5.82. The molecule has 1 atom stereocenters. The normalized spacial score (nSPS) is 15.9. The molecule has 0 bridgehead atoms. The van der Waals surface area contributed by atoms with Crippen molar-refractivity contribution in [3.63, 3.8) is 0 Å². The first kappa shape index (κ1) is 22.5. The molecule has 1 saturated heterocycles. The number of anilines is 1. The van der Waals surface area contributed by atoms with E-state index in [2.05, 4.69) is 15.6 Å². The molecule has 0 spiro atoms. The van der Waals surface area contributed by atoms with E-state index in [9.17, 15) is 18.8 Å². The molecular formula is C25H27FN4O3. The highest BCUT2D eigenvalue weighted by molar-refractivity contribution is 6.05. The highest BCUT2D eigenvalue weighted by Gasteiger charge is 2.34. The molecule has 2 heterocycles. The van der Waals surface area contributed by atoms with Gasteiger partial charge in [0.1, 0.15) is 5.82 Å². The molecule has 33 heavy (non-hydrogen) atoms. The summed E-state index contributed by atoms with van der Waals surface area (Å²) in [5, 5.41) is 6.44. The van der Waals surface area contributed by atoms with Gasteiger partial charge < -0.3 is 20.5 Å². The summed E-state index contributed by atoms with van der Waals surface area (Å²) in [6.45, 7) is 4.48. The molecule has 172 valence electrons. The lowest BCUT2D eigenvalue weighted by atomic mass is 10.1. The van der Waals surface area contributed by atoms with Crippen molar-refractivity contribution in [2.24, 2.45) is 5.92 Å². The Balaban J connectivity index is 1.39. The molecule has 1 aromatic heterocycles. The Bertz CT molecular complexity index is 1200. The fourth-order valence-corrected chi connectivity index (χ4v) is 4.14. The van der Waals surface area contributed by atoms with Crippen LogP contribution in [0.25, 0.3) is 10.9 Å². The molecule has 1 aliphatic rings. The molecule has 3 N–H and O–H groups in total. The number of rotatable bonds is 7. The van der Waals surface area contributed by atoms with Crippen molar-refractivity contribution in [2.75, 3.05) is 18.4 Å². The van der Waals surface area contributed by atoms with Gasteiger partial charge in [-0.2, -0.15) is 0 Å². The number of amides is 3. The lowest BCUT2D eigenvalue weighted by molar-refractivity contribution is -0.128. The van der Waals surface area contributed by atoms with E-state index in [4.69, 9.17) is 0 Å². The number of likely N-dealkylation sites (tertiary alicyclic amines) is 1. The zero-order valence-electron chi connectivity index (χ0n) is 18.7. The zero-order chi connectivity index (χ0) is 23.5. The van der Waals surface area contributed by atoms with Crippen molar-refractivity contribution in [2.45, 2.75) is 32.7 Å². The van der Waals surface area contributed by atoms with Gasteiger partial charge in [-0.1, -0.05) is 12.1 Å². The Morgan fingerprint density at radius 2 is 2.00 bits per heavy atom. The van der Waals surface area contributed by atoms with Crippen LogP contribution in [0.3, 0.4) is 0 Å². The fraction of sp³-hybridized carbons (Fsp3) is 0.320. The number of H-pyrrole nitrogens is 1. The Morgan fingerprint density at radius 1 is 1.21 bits per heavy atom. The van der Waals surface area contributed by atoms with Crippen molar-refractivity contribution in [1.82, 2.24) is 15.2 Å². The largest absolute Gasteiger partial charge is 0.361 e. The molecule has 1 aliphatic heterocycles. The van der Waals surface area contributed by atoms with Crippen molar-refractivity contribution < 1.29 is 18.8 Å². The number of nitrogens with one attached hydrogen (secondary N) is 3. The average molecular weight is 451 g/mol. The average Bonchev–Trinajstić information content (AvgIpc) is 3.34. The van der Waals surface area contributed by atoms with Crippen LogP contribution in [0.4, 0.5) is 10.1 Å². The SMILES string of the molecule is CC(C)NC(=O)c1ccccc1NC(=O)[C@H]1CC(=O)N(CCc2c[nH]c3ccc(F)cc23)C1. The molecule has 0 aliphatic carbocycles. The van der Waals surface area contributed by atoms with Gasteiger partial charge in [0.25, 0.3) is 5.91 Å². The molecule has 8 heteroatoms. The summed E-state index contributed by atoms with van der Waals surface area (Å²) in [5.41, 5.74) is 2.58. The van der Waals surface area contributed by atoms with Crippen LogP contribution in [0.5, 0.6) is 0 Å². The maximum Gasteiger partial charge on any atom is 0.253 e. The molecule has 7 nitrogen and oxygen atoms in total. The van der Waals surface area contributed by atoms with Gasteiger partial charge in [-0.25, -0.2) is 4.39 Å². The van der Waals surface area contributed by atoms with Crippen LogP contribution in [0.1, 0.15) is 36.2 Å². The Kier molecular flexibility index (Phi) is 6.44. The number of aromatic amines is 1. The summed E-state index contributed by atoms with van der Waals surface area (Å²) in [7, 11) is 0. The molecule has 3 amide bonds. The summed E-state index contributed by atoms with van der Waals surface area (Å²) in [5.74, 6) is -1.45. The van der Waals surface area contributed by atoms with E-state index < -0.39 is 5.92 Å². The molecule has 3 aromatic rings. The first-order valence-electron chi connectivity index (χ1n) is 11.1. The molecule has 1 fully saturated rings.